The molecule has 30 heavy (non-hydrogen) atoms. The summed E-state index contributed by atoms with van der Waals surface area (Å²) in [5.41, 5.74) is -0.141. The predicted molar refractivity (Wildman–Crippen MR) is 109 cm³/mol. The lowest BCUT2D eigenvalue weighted by atomic mass is 10.3. The average molecular weight is 432 g/mol. The van der Waals surface area contributed by atoms with E-state index in [1.807, 2.05) is 0 Å². The van der Waals surface area contributed by atoms with Gasteiger partial charge in [-0.2, -0.15) is 0 Å². The number of ether oxygens (including phenoxy) is 1. The van der Waals surface area contributed by atoms with E-state index in [1.165, 1.54) is 67.8 Å². The van der Waals surface area contributed by atoms with Gasteiger partial charge in [0, 0.05) is 5.69 Å². The van der Waals surface area contributed by atoms with E-state index >= 15 is 0 Å². The fourth-order valence-electron chi connectivity index (χ4n) is 2.73. The van der Waals surface area contributed by atoms with Crippen molar-refractivity contribution >= 4 is 27.3 Å². The molecule has 3 aromatic rings. The van der Waals surface area contributed by atoms with Crippen molar-refractivity contribution in [2.75, 3.05) is 23.3 Å². The normalized spacial score (nSPS) is 11.0. The first-order valence-electron chi connectivity index (χ1n) is 8.78. The number of hydrogen-bond acceptors (Lipinski definition) is 4. The first-order valence-corrected chi connectivity index (χ1v) is 10.2. The van der Waals surface area contributed by atoms with E-state index in [9.17, 15) is 22.0 Å². The van der Waals surface area contributed by atoms with Crippen LogP contribution in [0.15, 0.2) is 77.7 Å². The van der Waals surface area contributed by atoms with Crippen LogP contribution in [0.25, 0.3) is 0 Å². The molecule has 0 aliphatic rings. The van der Waals surface area contributed by atoms with Gasteiger partial charge >= 0.3 is 0 Å². The molecule has 0 fully saturated rings. The molecule has 3 aromatic carbocycles. The van der Waals surface area contributed by atoms with Crippen LogP contribution in [0.2, 0.25) is 0 Å². The van der Waals surface area contributed by atoms with Gasteiger partial charge in [-0.15, -0.1) is 0 Å². The highest BCUT2D eigenvalue weighted by molar-refractivity contribution is 7.92. The third kappa shape index (κ3) is 4.74. The molecule has 3 rings (SSSR count). The number of halogens is 2. The minimum Gasteiger partial charge on any atom is -0.497 e. The van der Waals surface area contributed by atoms with Gasteiger partial charge in [-0.3, -0.25) is 9.10 Å². The molecule has 0 aromatic heterocycles. The minimum absolute atomic E-state index is 0.148. The number of sulfonamides is 1. The standard InChI is InChI=1S/C21H18F2N2O4S/c1-29-17-9-11-18(12-10-17)30(27,28)25(20-8-3-2-7-19(20)23)14-21(26)24-16-6-4-5-15(22)13-16/h2-13H,14H2,1H3,(H,24,26). The summed E-state index contributed by atoms with van der Waals surface area (Å²) in [5, 5.41) is 2.42. The van der Waals surface area contributed by atoms with Gasteiger partial charge in [0.15, 0.2) is 0 Å². The highest BCUT2D eigenvalue weighted by Gasteiger charge is 2.29. The van der Waals surface area contributed by atoms with Crippen molar-refractivity contribution in [3.05, 3.63) is 84.4 Å². The zero-order chi connectivity index (χ0) is 21.7. The summed E-state index contributed by atoms with van der Waals surface area (Å²) < 4.78 is 59.9. The molecule has 156 valence electrons. The van der Waals surface area contributed by atoms with Crippen molar-refractivity contribution in [2.24, 2.45) is 0 Å². The Morgan fingerprint density at radius 2 is 1.70 bits per heavy atom. The molecule has 6 nitrogen and oxygen atoms in total. The Bertz CT molecular complexity index is 1150. The van der Waals surface area contributed by atoms with Crippen molar-refractivity contribution in [1.82, 2.24) is 0 Å². The van der Waals surface area contributed by atoms with Crippen LogP contribution in [-0.2, 0) is 14.8 Å². The molecule has 0 heterocycles. The predicted octanol–water partition coefficient (Wildman–Crippen LogP) is 3.81. The summed E-state index contributed by atoms with van der Waals surface area (Å²) in [4.78, 5) is 12.4. The van der Waals surface area contributed by atoms with Crippen LogP contribution in [0, 0.1) is 11.6 Å². The van der Waals surface area contributed by atoms with Gasteiger partial charge in [0.2, 0.25) is 5.91 Å². The van der Waals surface area contributed by atoms with Crippen molar-refractivity contribution < 1.29 is 26.7 Å². The highest BCUT2D eigenvalue weighted by Crippen LogP contribution is 2.27. The van der Waals surface area contributed by atoms with Gasteiger partial charge in [0.05, 0.1) is 17.7 Å². The lowest BCUT2D eigenvalue weighted by Gasteiger charge is -2.24. The van der Waals surface area contributed by atoms with Gasteiger partial charge in [0.1, 0.15) is 23.9 Å². The maximum Gasteiger partial charge on any atom is 0.264 e. The van der Waals surface area contributed by atoms with Gasteiger partial charge in [-0.1, -0.05) is 18.2 Å². The summed E-state index contributed by atoms with van der Waals surface area (Å²) in [5.74, 6) is -1.70. The van der Waals surface area contributed by atoms with E-state index in [2.05, 4.69) is 5.32 Å². The van der Waals surface area contributed by atoms with Crippen molar-refractivity contribution in [1.29, 1.82) is 0 Å². The number of hydrogen-bond donors (Lipinski definition) is 1. The monoisotopic (exact) mass is 432 g/mol. The number of methoxy groups -OCH3 is 1. The maximum atomic E-state index is 14.4. The Morgan fingerprint density at radius 3 is 2.33 bits per heavy atom. The topological polar surface area (TPSA) is 75.7 Å². The zero-order valence-electron chi connectivity index (χ0n) is 15.9. The first kappa shape index (κ1) is 21.3. The van der Waals surface area contributed by atoms with Crippen molar-refractivity contribution in [3.8, 4) is 5.75 Å². The molecule has 0 saturated carbocycles. The van der Waals surface area contributed by atoms with E-state index < -0.39 is 34.1 Å². The number of carbonyl (C=O) groups excluding carboxylic acids is 1. The van der Waals surface area contributed by atoms with Crippen LogP contribution >= 0.6 is 0 Å². The van der Waals surface area contributed by atoms with Crippen LogP contribution in [0.3, 0.4) is 0 Å². The molecule has 9 heteroatoms. The van der Waals surface area contributed by atoms with Crippen LogP contribution in [-0.4, -0.2) is 28.0 Å². The average Bonchev–Trinajstić information content (AvgIpc) is 2.72. The Kier molecular flexibility index (Phi) is 6.31. The number of nitrogens with one attached hydrogen (secondary N) is 1. The molecule has 0 bridgehead atoms. The van der Waals surface area contributed by atoms with Crippen molar-refractivity contribution in [3.63, 3.8) is 0 Å². The van der Waals surface area contributed by atoms with E-state index in [1.54, 1.807) is 0 Å². The molecule has 0 aliphatic heterocycles. The van der Waals surface area contributed by atoms with Gasteiger partial charge < -0.3 is 10.1 Å². The Balaban J connectivity index is 1.96. The highest BCUT2D eigenvalue weighted by atomic mass is 32.2. The van der Waals surface area contributed by atoms with Crippen LogP contribution in [0.5, 0.6) is 5.75 Å². The molecule has 0 aliphatic carbocycles. The minimum atomic E-state index is -4.29. The number of benzene rings is 3. The Morgan fingerprint density at radius 1 is 1.00 bits per heavy atom. The quantitative estimate of drug-likeness (QED) is 0.616. The molecule has 0 atom stereocenters. The van der Waals surface area contributed by atoms with Gasteiger partial charge in [0.25, 0.3) is 10.0 Å². The van der Waals surface area contributed by atoms with E-state index in [0.29, 0.717) is 10.1 Å². The number of nitrogens with zero attached hydrogens (tertiary/aromatic N) is 1. The zero-order valence-corrected chi connectivity index (χ0v) is 16.7. The second-order valence-electron chi connectivity index (χ2n) is 6.20. The smallest absolute Gasteiger partial charge is 0.264 e. The first-order chi connectivity index (χ1) is 14.3. The second-order valence-corrected chi connectivity index (χ2v) is 8.06. The number of rotatable bonds is 7. The van der Waals surface area contributed by atoms with Crippen LogP contribution in [0.1, 0.15) is 0 Å². The van der Waals surface area contributed by atoms with Crippen LogP contribution < -0.4 is 14.4 Å². The largest absolute Gasteiger partial charge is 0.497 e. The number of amides is 1. The van der Waals surface area contributed by atoms with Crippen LogP contribution in [0.4, 0.5) is 20.2 Å². The SMILES string of the molecule is COc1ccc(S(=O)(=O)N(CC(=O)Nc2cccc(F)c2)c2ccccc2F)cc1. The molecule has 0 unspecified atom stereocenters. The summed E-state index contributed by atoms with van der Waals surface area (Å²) in [6.45, 7) is -0.716. The van der Waals surface area contributed by atoms with Gasteiger partial charge in [-0.05, 0) is 54.6 Å². The van der Waals surface area contributed by atoms with Gasteiger partial charge in [-0.25, -0.2) is 17.2 Å². The molecular weight excluding hydrogens is 414 g/mol. The third-order valence-electron chi connectivity index (χ3n) is 4.16. The molecule has 1 amide bonds. The fraction of sp³-hybridized carbons (Fsp3) is 0.0952. The summed E-state index contributed by atoms with van der Waals surface area (Å²) in [6.07, 6.45) is 0. The third-order valence-corrected chi connectivity index (χ3v) is 5.94. The summed E-state index contributed by atoms with van der Waals surface area (Å²) >= 11 is 0. The van der Waals surface area contributed by atoms with E-state index in [4.69, 9.17) is 4.74 Å². The van der Waals surface area contributed by atoms with E-state index in [0.717, 1.165) is 12.1 Å². The van der Waals surface area contributed by atoms with E-state index in [-0.39, 0.29) is 16.3 Å². The lowest BCUT2D eigenvalue weighted by Crippen LogP contribution is -2.38. The maximum absolute atomic E-state index is 14.4. The summed E-state index contributed by atoms with van der Waals surface area (Å²) in [6, 6.07) is 15.8. The number of carbonyl (C=O) groups is 1. The Hall–Kier alpha value is -3.46. The molecular formula is C21H18F2N2O4S. The lowest BCUT2D eigenvalue weighted by molar-refractivity contribution is -0.114. The fourth-order valence-corrected chi connectivity index (χ4v) is 4.15. The number of anilines is 2. The second kappa shape index (κ2) is 8.91. The molecule has 1 N–H and O–H groups in total. The van der Waals surface area contributed by atoms with Crippen molar-refractivity contribution in [2.45, 2.75) is 4.90 Å². The summed E-state index contributed by atoms with van der Waals surface area (Å²) in [7, 11) is -2.86. The molecule has 0 saturated heterocycles. The number of para-hydroxylation sites is 1. The molecule has 0 spiro atoms. The Labute approximate surface area is 172 Å². The molecule has 0 radical (unpaired) electrons.